The molecule has 108 valence electrons. The highest BCUT2D eigenvalue weighted by atomic mass is 16.5. The molecular weight excluding hydrogens is 262 g/mol. The zero-order valence-corrected chi connectivity index (χ0v) is 11.5. The van der Waals surface area contributed by atoms with Crippen molar-refractivity contribution in [2.45, 2.75) is 6.92 Å². The van der Waals surface area contributed by atoms with Crippen molar-refractivity contribution in [3.8, 4) is 0 Å². The number of benzene rings is 1. The molecule has 1 amide bonds. The summed E-state index contributed by atoms with van der Waals surface area (Å²) in [7, 11) is 1.27. The average molecular weight is 279 g/mol. The van der Waals surface area contributed by atoms with Crippen molar-refractivity contribution in [1.82, 2.24) is 0 Å². The smallest absolute Gasteiger partial charge is 0.411 e. The number of methoxy groups -OCH3 is 1. The zero-order valence-electron chi connectivity index (χ0n) is 11.5. The average Bonchev–Trinajstić information content (AvgIpc) is 2.42. The van der Waals surface area contributed by atoms with Crippen molar-refractivity contribution >= 4 is 17.7 Å². The summed E-state index contributed by atoms with van der Waals surface area (Å²) >= 11 is 0. The number of anilines is 1. The fourth-order valence-corrected chi connectivity index (χ4v) is 1.75. The van der Waals surface area contributed by atoms with Gasteiger partial charge in [-0.05, 0) is 18.2 Å². The fourth-order valence-electron chi connectivity index (χ4n) is 1.75. The third-order valence-corrected chi connectivity index (χ3v) is 2.98. The van der Waals surface area contributed by atoms with E-state index in [1.807, 2.05) is 6.92 Å². The molecule has 2 rings (SSSR count). The van der Waals surface area contributed by atoms with Gasteiger partial charge in [-0.3, -0.25) is 5.32 Å². The van der Waals surface area contributed by atoms with Crippen molar-refractivity contribution in [2.24, 2.45) is 5.41 Å². The Kier molecular flexibility index (Phi) is 4.24. The predicted octanol–water partition coefficient (Wildman–Crippen LogP) is 2.06. The van der Waals surface area contributed by atoms with Crippen LogP contribution < -0.4 is 5.32 Å². The SMILES string of the molecule is COC(=O)Nc1cccc(C(=O)OCC2(C)COC2)c1. The van der Waals surface area contributed by atoms with Crippen LogP contribution in [-0.4, -0.2) is 39.0 Å². The normalized spacial score (nSPS) is 15.9. The van der Waals surface area contributed by atoms with E-state index in [1.165, 1.54) is 7.11 Å². The Balaban J connectivity index is 1.95. The highest BCUT2D eigenvalue weighted by molar-refractivity contribution is 5.92. The van der Waals surface area contributed by atoms with Crippen LogP contribution in [0.4, 0.5) is 10.5 Å². The minimum Gasteiger partial charge on any atom is -0.461 e. The second-order valence-electron chi connectivity index (χ2n) is 5.08. The van der Waals surface area contributed by atoms with E-state index in [4.69, 9.17) is 9.47 Å². The lowest BCUT2D eigenvalue weighted by Crippen LogP contribution is -2.44. The summed E-state index contributed by atoms with van der Waals surface area (Å²) in [5.74, 6) is -0.424. The van der Waals surface area contributed by atoms with Gasteiger partial charge in [-0.15, -0.1) is 0 Å². The fraction of sp³-hybridized carbons (Fsp3) is 0.429. The lowest BCUT2D eigenvalue weighted by molar-refractivity contribution is -0.127. The van der Waals surface area contributed by atoms with Gasteiger partial charge < -0.3 is 14.2 Å². The zero-order chi connectivity index (χ0) is 14.6. The van der Waals surface area contributed by atoms with Gasteiger partial charge in [0.05, 0.1) is 25.9 Å². The minimum atomic E-state index is -0.588. The molecule has 1 aliphatic heterocycles. The van der Waals surface area contributed by atoms with E-state index in [1.54, 1.807) is 24.3 Å². The van der Waals surface area contributed by atoms with Crippen molar-refractivity contribution < 1.29 is 23.8 Å². The largest absolute Gasteiger partial charge is 0.461 e. The Bertz CT molecular complexity index is 510. The number of hydrogen-bond acceptors (Lipinski definition) is 5. The molecule has 1 aromatic carbocycles. The molecule has 6 nitrogen and oxygen atoms in total. The number of esters is 1. The van der Waals surface area contributed by atoms with Crippen molar-refractivity contribution in [3.05, 3.63) is 29.8 Å². The van der Waals surface area contributed by atoms with Gasteiger partial charge in [0, 0.05) is 11.1 Å². The van der Waals surface area contributed by atoms with E-state index in [2.05, 4.69) is 10.1 Å². The first kappa shape index (κ1) is 14.3. The molecule has 1 aromatic rings. The first-order valence-corrected chi connectivity index (χ1v) is 6.22. The minimum absolute atomic E-state index is 0.0858. The van der Waals surface area contributed by atoms with Crippen LogP contribution in [0.1, 0.15) is 17.3 Å². The Morgan fingerprint density at radius 1 is 1.40 bits per heavy atom. The van der Waals surface area contributed by atoms with E-state index >= 15 is 0 Å². The molecule has 1 saturated heterocycles. The summed E-state index contributed by atoms with van der Waals surface area (Å²) in [6.07, 6.45) is -0.588. The lowest BCUT2D eigenvalue weighted by Gasteiger charge is -2.37. The summed E-state index contributed by atoms with van der Waals surface area (Å²) in [6.45, 7) is 3.52. The number of ether oxygens (including phenoxy) is 3. The van der Waals surface area contributed by atoms with Crippen molar-refractivity contribution in [2.75, 3.05) is 32.2 Å². The summed E-state index contributed by atoms with van der Waals surface area (Å²) in [6, 6.07) is 6.49. The van der Waals surface area contributed by atoms with E-state index < -0.39 is 12.1 Å². The molecule has 0 aliphatic carbocycles. The van der Waals surface area contributed by atoms with Gasteiger partial charge in [-0.2, -0.15) is 0 Å². The Morgan fingerprint density at radius 3 is 2.75 bits per heavy atom. The number of hydrogen-bond donors (Lipinski definition) is 1. The summed E-state index contributed by atoms with van der Waals surface area (Å²) < 4.78 is 14.8. The molecule has 0 bridgehead atoms. The molecule has 0 unspecified atom stereocenters. The van der Waals surface area contributed by atoms with Gasteiger partial charge in [0.2, 0.25) is 0 Å². The molecule has 1 heterocycles. The Morgan fingerprint density at radius 2 is 2.15 bits per heavy atom. The van der Waals surface area contributed by atoms with E-state index in [-0.39, 0.29) is 5.41 Å². The van der Waals surface area contributed by atoms with Crippen LogP contribution in [0, 0.1) is 5.41 Å². The van der Waals surface area contributed by atoms with Crippen LogP contribution in [-0.2, 0) is 14.2 Å². The van der Waals surface area contributed by atoms with E-state index in [9.17, 15) is 9.59 Å². The van der Waals surface area contributed by atoms with E-state index in [0.717, 1.165) is 0 Å². The van der Waals surface area contributed by atoms with Crippen molar-refractivity contribution in [1.29, 1.82) is 0 Å². The van der Waals surface area contributed by atoms with E-state index in [0.29, 0.717) is 31.1 Å². The number of rotatable bonds is 4. The number of nitrogens with one attached hydrogen (secondary N) is 1. The molecule has 0 aromatic heterocycles. The van der Waals surface area contributed by atoms with Crippen LogP contribution in [0.5, 0.6) is 0 Å². The Hall–Kier alpha value is -2.08. The standard InChI is InChI=1S/C14H17NO5/c1-14(7-19-8-14)9-20-12(16)10-4-3-5-11(6-10)15-13(17)18-2/h3-6H,7-9H2,1-2H3,(H,15,17). The van der Waals surface area contributed by atoms with Crippen molar-refractivity contribution in [3.63, 3.8) is 0 Å². The molecular formula is C14H17NO5. The summed E-state index contributed by atoms with van der Waals surface area (Å²) in [5.41, 5.74) is 0.768. The maximum absolute atomic E-state index is 11.9. The molecule has 6 heteroatoms. The van der Waals surface area contributed by atoms with Crippen LogP contribution in [0.25, 0.3) is 0 Å². The van der Waals surface area contributed by atoms with Gasteiger partial charge in [0.15, 0.2) is 0 Å². The summed E-state index contributed by atoms with van der Waals surface area (Å²) in [5, 5.41) is 2.49. The summed E-state index contributed by atoms with van der Waals surface area (Å²) in [4.78, 5) is 23.0. The first-order chi connectivity index (χ1) is 9.52. The topological polar surface area (TPSA) is 73.9 Å². The second-order valence-corrected chi connectivity index (χ2v) is 5.08. The maximum Gasteiger partial charge on any atom is 0.411 e. The Labute approximate surface area is 117 Å². The van der Waals surface area contributed by atoms with Crippen LogP contribution >= 0.6 is 0 Å². The van der Waals surface area contributed by atoms with Crippen LogP contribution in [0.3, 0.4) is 0 Å². The molecule has 20 heavy (non-hydrogen) atoms. The highest BCUT2D eigenvalue weighted by Crippen LogP contribution is 2.27. The molecule has 1 aliphatic rings. The predicted molar refractivity (Wildman–Crippen MR) is 71.7 cm³/mol. The third-order valence-electron chi connectivity index (χ3n) is 2.98. The highest BCUT2D eigenvalue weighted by Gasteiger charge is 2.34. The number of carbonyl (C=O) groups is 2. The van der Waals surface area contributed by atoms with Crippen LogP contribution in [0.2, 0.25) is 0 Å². The van der Waals surface area contributed by atoms with Gasteiger partial charge >= 0.3 is 12.1 Å². The molecule has 0 atom stereocenters. The lowest BCUT2D eigenvalue weighted by atomic mass is 9.90. The molecule has 0 spiro atoms. The molecule has 0 saturated carbocycles. The number of amides is 1. The second kappa shape index (κ2) is 5.92. The molecule has 1 N–H and O–H groups in total. The monoisotopic (exact) mass is 279 g/mol. The van der Waals surface area contributed by atoms with Crippen LogP contribution in [0.15, 0.2) is 24.3 Å². The quantitative estimate of drug-likeness (QED) is 0.854. The third kappa shape index (κ3) is 3.48. The number of carbonyl (C=O) groups excluding carboxylic acids is 2. The maximum atomic E-state index is 11.9. The van der Waals surface area contributed by atoms with Gasteiger partial charge in [0.25, 0.3) is 0 Å². The van der Waals surface area contributed by atoms with Gasteiger partial charge in [-0.1, -0.05) is 13.0 Å². The molecule has 0 radical (unpaired) electrons. The molecule has 1 fully saturated rings. The van der Waals surface area contributed by atoms with Gasteiger partial charge in [-0.25, -0.2) is 9.59 Å². The first-order valence-electron chi connectivity index (χ1n) is 6.22. The van der Waals surface area contributed by atoms with Gasteiger partial charge in [0.1, 0.15) is 6.61 Å².